The summed E-state index contributed by atoms with van der Waals surface area (Å²) in [6.45, 7) is 7.00. The van der Waals surface area contributed by atoms with E-state index in [9.17, 15) is 9.59 Å². The van der Waals surface area contributed by atoms with Gasteiger partial charge in [-0.15, -0.1) is 5.10 Å². The summed E-state index contributed by atoms with van der Waals surface area (Å²) >= 11 is 0. The standard InChI is InChI=1S/C26H33N5O3/c1-4-26(2,3)27-25(33)24(19-11-6-5-7-12-19)30(17-20-13-10-16-34-20)23(32)18-31-22-15-9-8-14-21(22)28-29-31/h5-9,11-12,14-15,20,24H,4,10,13,16-18H2,1-3H3,(H,27,33). The number of carbonyl (C=O) groups excluding carboxylic acids is 2. The second kappa shape index (κ2) is 10.3. The van der Waals surface area contributed by atoms with E-state index in [1.165, 1.54) is 0 Å². The average molecular weight is 464 g/mol. The monoisotopic (exact) mass is 463 g/mol. The molecule has 1 aliphatic heterocycles. The molecule has 1 aliphatic rings. The van der Waals surface area contributed by atoms with Gasteiger partial charge in [0.15, 0.2) is 0 Å². The van der Waals surface area contributed by atoms with E-state index in [0.29, 0.717) is 13.2 Å². The highest BCUT2D eigenvalue weighted by Crippen LogP contribution is 2.26. The second-order valence-corrected chi connectivity index (χ2v) is 9.46. The zero-order valence-corrected chi connectivity index (χ0v) is 20.1. The largest absolute Gasteiger partial charge is 0.376 e. The first-order valence-corrected chi connectivity index (χ1v) is 11.9. The van der Waals surface area contributed by atoms with Crippen molar-refractivity contribution in [3.8, 4) is 0 Å². The molecule has 0 saturated carbocycles. The predicted molar refractivity (Wildman–Crippen MR) is 130 cm³/mol. The highest BCUT2D eigenvalue weighted by Gasteiger charge is 2.36. The van der Waals surface area contributed by atoms with Crippen molar-refractivity contribution in [2.75, 3.05) is 13.2 Å². The molecule has 0 aliphatic carbocycles. The van der Waals surface area contributed by atoms with Gasteiger partial charge in [0.05, 0.1) is 11.6 Å². The minimum Gasteiger partial charge on any atom is -0.376 e. The molecule has 1 N–H and O–H groups in total. The van der Waals surface area contributed by atoms with Crippen LogP contribution in [0.25, 0.3) is 11.0 Å². The first-order valence-electron chi connectivity index (χ1n) is 11.9. The fraction of sp³-hybridized carbons (Fsp3) is 0.462. The number of amides is 2. The van der Waals surface area contributed by atoms with E-state index in [1.54, 1.807) is 9.58 Å². The summed E-state index contributed by atoms with van der Waals surface area (Å²) in [7, 11) is 0. The zero-order chi connectivity index (χ0) is 24.1. The molecule has 2 heterocycles. The minimum absolute atomic E-state index is 0.0129. The third-order valence-corrected chi connectivity index (χ3v) is 6.47. The van der Waals surface area contributed by atoms with Crippen LogP contribution in [-0.4, -0.2) is 56.5 Å². The molecule has 180 valence electrons. The molecule has 2 aromatic carbocycles. The van der Waals surface area contributed by atoms with Crippen molar-refractivity contribution in [2.24, 2.45) is 0 Å². The summed E-state index contributed by atoms with van der Waals surface area (Å²) in [6, 6.07) is 16.2. The number of benzene rings is 2. The van der Waals surface area contributed by atoms with Crippen LogP contribution in [0.1, 0.15) is 51.6 Å². The summed E-state index contributed by atoms with van der Waals surface area (Å²) in [6.07, 6.45) is 2.48. The Kier molecular flexibility index (Phi) is 7.26. The third-order valence-electron chi connectivity index (χ3n) is 6.47. The first-order chi connectivity index (χ1) is 16.4. The summed E-state index contributed by atoms with van der Waals surface area (Å²) in [4.78, 5) is 29.1. The molecule has 34 heavy (non-hydrogen) atoms. The number of ether oxygens (including phenoxy) is 1. The quantitative estimate of drug-likeness (QED) is 0.525. The van der Waals surface area contributed by atoms with Crippen molar-refractivity contribution in [2.45, 2.75) is 64.3 Å². The molecule has 1 aromatic heterocycles. The van der Waals surface area contributed by atoms with Gasteiger partial charge in [-0.1, -0.05) is 54.6 Å². The number of hydrogen-bond acceptors (Lipinski definition) is 5. The van der Waals surface area contributed by atoms with Crippen molar-refractivity contribution in [1.82, 2.24) is 25.2 Å². The Hall–Kier alpha value is -3.26. The van der Waals surface area contributed by atoms with Crippen LogP contribution in [0.15, 0.2) is 54.6 Å². The van der Waals surface area contributed by atoms with E-state index >= 15 is 0 Å². The number of para-hydroxylation sites is 1. The lowest BCUT2D eigenvalue weighted by Gasteiger charge is -2.35. The molecule has 0 radical (unpaired) electrons. The lowest BCUT2D eigenvalue weighted by atomic mass is 9.98. The molecule has 2 atom stereocenters. The van der Waals surface area contributed by atoms with Crippen molar-refractivity contribution < 1.29 is 14.3 Å². The number of nitrogens with one attached hydrogen (secondary N) is 1. The van der Waals surface area contributed by atoms with Crippen LogP contribution < -0.4 is 5.32 Å². The highest BCUT2D eigenvalue weighted by molar-refractivity contribution is 5.89. The Balaban J connectivity index is 1.69. The Labute approximate surface area is 200 Å². The summed E-state index contributed by atoms with van der Waals surface area (Å²) in [5.74, 6) is -0.405. The lowest BCUT2D eigenvalue weighted by Crippen LogP contribution is -2.52. The van der Waals surface area contributed by atoms with Gasteiger partial charge in [-0.25, -0.2) is 4.68 Å². The number of hydrogen-bond donors (Lipinski definition) is 1. The topological polar surface area (TPSA) is 89.4 Å². The van der Waals surface area contributed by atoms with E-state index in [2.05, 4.69) is 15.6 Å². The smallest absolute Gasteiger partial charge is 0.247 e. The molecule has 2 amide bonds. The molecule has 8 heteroatoms. The van der Waals surface area contributed by atoms with Crippen molar-refractivity contribution >= 4 is 22.8 Å². The van der Waals surface area contributed by atoms with E-state index in [1.807, 2.05) is 75.4 Å². The van der Waals surface area contributed by atoms with Gasteiger partial charge < -0.3 is 15.0 Å². The second-order valence-electron chi connectivity index (χ2n) is 9.46. The number of carbonyl (C=O) groups is 2. The maximum atomic E-state index is 13.8. The van der Waals surface area contributed by atoms with Crippen molar-refractivity contribution in [3.05, 3.63) is 60.2 Å². The van der Waals surface area contributed by atoms with Crippen LogP contribution in [-0.2, 0) is 20.9 Å². The zero-order valence-electron chi connectivity index (χ0n) is 20.1. The lowest BCUT2D eigenvalue weighted by molar-refractivity contribution is -0.144. The number of aromatic nitrogens is 3. The molecule has 3 aromatic rings. The summed E-state index contributed by atoms with van der Waals surface area (Å²) < 4.78 is 7.46. The summed E-state index contributed by atoms with van der Waals surface area (Å²) in [5, 5.41) is 11.5. The van der Waals surface area contributed by atoms with Crippen LogP contribution in [0.2, 0.25) is 0 Å². The fourth-order valence-electron chi connectivity index (χ4n) is 4.21. The predicted octanol–water partition coefficient (Wildman–Crippen LogP) is 3.49. The van der Waals surface area contributed by atoms with E-state index in [0.717, 1.165) is 35.9 Å². The van der Waals surface area contributed by atoms with Crippen LogP contribution in [0.3, 0.4) is 0 Å². The molecule has 4 rings (SSSR count). The molecule has 0 spiro atoms. The van der Waals surface area contributed by atoms with Gasteiger partial charge in [-0.3, -0.25) is 9.59 Å². The van der Waals surface area contributed by atoms with Gasteiger partial charge in [0, 0.05) is 18.7 Å². The summed E-state index contributed by atoms with van der Waals surface area (Å²) in [5.41, 5.74) is 1.87. The molecule has 2 unspecified atom stereocenters. The van der Waals surface area contributed by atoms with Crippen molar-refractivity contribution in [1.29, 1.82) is 0 Å². The first kappa shape index (κ1) is 23.9. The number of nitrogens with zero attached hydrogens (tertiary/aromatic N) is 4. The van der Waals surface area contributed by atoms with Crippen LogP contribution in [0, 0.1) is 0 Å². The SMILES string of the molecule is CCC(C)(C)NC(=O)C(c1ccccc1)N(CC1CCCO1)C(=O)Cn1nnc2ccccc21. The van der Waals surface area contributed by atoms with Gasteiger partial charge in [0.1, 0.15) is 18.1 Å². The van der Waals surface area contributed by atoms with Crippen LogP contribution in [0.5, 0.6) is 0 Å². The Bertz CT molecular complexity index is 1120. The Morgan fingerprint density at radius 1 is 1.18 bits per heavy atom. The fourth-order valence-corrected chi connectivity index (χ4v) is 4.21. The number of fused-ring (bicyclic) bond motifs is 1. The molecule has 1 fully saturated rings. The molecular formula is C26H33N5O3. The van der Waals surface area contributed by atoms with E-state index in [-0.39, 0.29) is 24.5 Å². The van der Waals surface area contributed by atoms with Crippen LogP contribution >= 0.6 is 0 Å². The third kappa shape index (κ3) is 5.44. The van der Waals surface area contributed by atoms with Gasteiger partial charge in [-0.05, 0) is 50.8 Å². The van der Waals surface area contributed by atoms with Gasteiger partial charge >= 0.3 is 0 Å². The molecule has 1 saturated heterocycles. The van der Waals surface area contributed by atoms with E-state index in [4.69, 9.17) is 4.74 Å². The maximum Gasteiger partial charge on any atom is 0.247 e. The Morgan fingerprint density at radius 3 is 2.62 bits per heavy atom. The maximum absolute atomic E-state index is 13.8. The van der Waals surface area contributed by atoms with Gasteiger partial charge in [0.25, 0.3) is 0 Å². The molecule has 8 nitrogen and oxygen atoms in total. The molecular weight excluding hydrogens is 430 g/mol. The average Bonchev–Trinajstić information content (AvgIpc) is 3.49. The van der Waals surface area contributed by atoms with E-state index < -0.39 is 11.6 Å². The Morgan fingerprint density at radius 2 is 1.91 bits per heavy atom. The normalized spacial score (nSPS) is 17.0. The minimum atomic E-state index is -0.779. The van der Waals surface area contributed by atoms with Gasteiger partial charge in [0.2, 0.25) is 11.8 Å². The number of rotatable bonds is 9. The van der Waals surface area contributed by atoms with Gasteiger partial charge in [-0.2, -0.15) is 0 Å². The highest BCUT2D eigenvalue weighted by atomic mass is 16.5. The van der Waals surface area contributed by atoms with Crippen molar-refractivity contribution in [3.63, 3.8) is 0 Å². The van der Waals surface area contributed by atoms with Crippen LogP contribution in [0.4, 0.5) is 0 Å². The molecule has 0 bridgehead atoms.